The summed E-state index contributed by atoms with van der Waals surface area (Å²) in [5.41, 5.74) is 3.19. The fourth-order valence-electron chi connectivity index (χ4n) is 4.00. The van der Waals surface area contributed by atoms with Crippen LogP contribution in [-0.2, 0) is 24.2 Å². The van der Waals surface area contributed by atoms with Crippen molar-refractivity contribution in [1.29, 1.82) is 0 Å². The Morgan fingerprint density at radius 3 is 2.53 bits per heavy atom. The molecule has 1 amide bonds. The summed E-state index contributed by atoms with van der Waals surface area (Å²) in [5, 5.41) is 3.67. The third kappa shape index (κ3) is 6.61. The lowest BCUT2D eigenvalue weighted by Crippen LogP contribution is -2.26. The number of aromatic nitrogens is 2. The normalized spacial score (nSPS) is 11.0. The number of hydrogen-bond donors (Lipinski definition) is 1. The van der Waals surface area contributed by atoms with Gasteiger partial charge in [0.25, 0.3) is 0 Å². The summed E-state index contributed by atoms with van der Waals surface area (Å²) >= 11 is 6.16. The summed E-state index contributed by atoms with van der Waals surface area (Å²) in [6.07, 6.45) is 3.98. The first-order chi connectivity index (χ1) is 16.7. The summed E-state index contributed by atoms with van der Waals surface area (Å²) in [7, 11) is 0. The Balaban J connectivity index is 1.26. The highest BCUT2D eigenvalue weighted by Gasteiger charge is 2.11. The SMILES string of the molecule is O=C(Cc1ccccc1)NCCCc1nc2ccccc2n1CCCCOc1ccccc1Cl. The van der Waals surface area contributed by atoms with Gasteiger partial charge >= 0.3 is 0 Å². The first kappa shape index (κ1) is 23.8. The van der Waals surface area contributed by atoms with Gasteiger partial charge in [0.05, 0.1) is 29.1 Å². The van der Waals surface area contributed by atoms with Gasteiger partial charge in [-0.3, -0.25) is 4.79 Å². The fourth-order valence-corrected chi connectivity index (χ4v) is 4.19. The number of carbonyl (C=O) groups is 1. The number of ether oxygens (including phenoxy) is 1. The van der Waals surface area contributed by atoms with Gasteiger partial charge in [0, 0.05) is 19.5 Å². The number of fused-ring (bicyclic) bond motifs is 1. The molecule has 0 spiro atoms. The summed E-state index contributed by atoms with van der Waals surface area (Å²) in [5.74, 6) is 1.84. The van der Waals surface area contributed by atoms with Crippen LogP contribution >= 0.6 is 11.6 Å². The van der Waals surface area contributed by atoms with E-state index in [9.17, 15) is 4.79 Å². The molecular weight excluding hydrogens is 446 g/mol. The minimum absolute atomic E-state index is 0.0539. The fraction of sp³-hybridized carbons (Fsp3) is 0.286. The standard InChI is InChI=1S/C28H30ClN3O2/c29-23-13-4-7-16-26(23)34-20-9-8-19-32-25-15-6-5-14-24(25)31-27(32)17-10-18-30-28(33)21-22-11-2-1-3-12-22/h1-7,11-16H,8-10,17-21H2,(H,30,33). The van der Waals surface area contributed by atoms with E-state index in [1.165, 1.54) is 0 Å². The molecule has 4 rings (SSSR count). The highest BCUT2D eigenvalue weighted by molar-refractivity contribution is 6.32. The van der Waals surface area contributed by atoms with Gasteiger partial charge in [-0.2, -0.15) is 0 Å². The second-order valence-corrected chi connectivity index (χ2v) is 8.68. The molecule has 0 aliphatic rings. The van der Waals surface area contributed by atoms with Crippen LogP contribution in [0.4, 0.5) is 0 Å². The van der Waals surface area contributed by atoms with Crippen LogP contribution < -0.4 is 10.1 Å². The zero-order chi connectivity index (χ0) is 23.6. The molecule has 4 aromatic rings. The summed E-state index contributed by atoms with van der Waals surface area (Å²) < 4.78 is 8.12. The third-order valence-corrected chi connectivity index (χ3v) is 6.02. The molecule has 0 fully saturated rings. The van der Waals surface area contributed by atoms with Crippen LogP contribution in [0, 0.1) is 0 Å². The Bertz CT molecular complexity index is 1210. The van der Waals surface area contributed by atoms with Crippen molar-refractivity contribution in [3.63, 3.8) is 0 Å². The molecule has 34 heavy (non-hydrogen) atoms. The van der Waals surface area contributed by atoms with Gasteiger partial charge in [0.1, 0.15) is 11.6 Å². The quantitative estimate of drug-likeness (QED) is 0.262. The predicted molar refractivity (Wildman–Crippen MR) is 137 cm³/mol. The highest BCUT2D eigenvalue weighted by atomic mass is 35.5. The second kappa shape index (κ2) is 12.2. The van der Waals surface area contributed by atoms with E-state index in [1.54, 1.807) is 0 Å². The number of para-hydroxylation sites is 3. The maximum Gasteiger partial charge on any atom is 0.224 e. The van der Waals surface area contributed by atoms with Crippen LogP contribution in [0.5, 0.6) is 5.75 Å². The molecule has 0 aliphatic carbocycles. The number of carbonyl (C=O) groups excluding carboxylic acids is 1. The lowest BCUT2D eigenvalue weighted by Gasteiger charge is -2.11. The molecule has 6 heteroatoms. The summed E-state index contributed by atoms with van der Waals surface area (Å²) in [6.45, 7) is 2.14. The maximum absolute atomic E-state index is 12.2. The molecule has 3 aromatic carbocycles. The number of halogens is 1. The van der Waals surface area contributed by atoms with Crippen LogP contribution in [0.3, 0.4) is 0 Å². The first-order valence-corrected chi connectivity index (χ1v) is 12.2. The molecule has 1 N–H and O–H groups in total. The van der Waals surface area contributed by atoms with Gasteiger partial charge in [-0.05, 0) is 49.1 Å². The van der Waals surface area contributed by atoms with Gasteiger partial charge in [-0.15, -0.1) is 0 Å². The zero-order valence-corrected chi connectivity index (χ0v) is 20.0. The minimum Gasteiger partial charge on any atom is -0.492 e. The number of amides is 1. The van der Waals surface area contributed by atoms with Crippen molar-refractivity contribution in [2.75, 3.05) is 13.2 Å². The lowest BCUT2D eigenvalue weighted by atomic mass is 10.1. The van der Waals surface area contributed by atoms with E-state index in [0.29, 0.717) is 24.6 Å². The van der Waals surface area contributed by atoms with Crippen LogP contribution in [0.2, 0.25) is 5.02 Å². The number of benzene rings is 3. The van der Waals surface area contributed by atoms with Gasteiger partial charge < -0.3 is 14.6 Å². The van der Waals surface area contributed by atoms with Crippen molar-refractivity contribution in [2.45, 2.75) is 38.6 Å². The van der Waals surface area contributed by atoms with E-state index < -0.39 is 0 Å². The van der Waals surface area contributed by atoms with Crippen molar-refractivity contribution >= 4 is 28.5 Å². The van der Waals surface area contributed by atoms with E-state index in [0.717, 1.165) is 60.4 Å². The van der Waals surface area contributed by atoms with Crippen LogP contribution in [0.15, 0.2) is 78.9 Å². The Labute approximate surface area is 205 Å². The van der Waals surface area contributed by atoms with E-state index in [-0.39, 0.29) is 5.91 Å². The average molecular weight is 476 g/mol. The van der Waals surface area contributed by atoms with Crippen molar-refractivity contribution in [1.82, 2.24) is 14.9 Å². The average Bonchev–Trinajstić information content (AvgIpc) is 3.21. The lowest BCUT2D eigenvalue weighted by molar-refractivity contribution is -0.120. The van der Waals surface area contributed by atoms with Crippen molar-refractivity contribution in [2.24, 2.45) is 0 Å². The number of imidazole rings is 1. The molecule has 0 saturated carbocycles. The molecule has 0 atom stereocenters. The Morgan fingerprint density at radius 2 is 1.68 bits per heavy atom. The number of hydrogen-bond acceptors (Lipinski definition) is 3. The van der Waals surface area contributed by atoms with Crippen LogP contribution in [0.25, 0.3) is 11.0 Å². The van der Waals surface area contributed by atoms with Crippen LogP contribution in [0.1, 0.15) is 30.7 Å². The largest absolute Gasteiger partial charge is 0.492 e. The molecule has 0 unspecified atom stereocenters. The number of nitrogens with zero attached hydrogens (tertiary/aromatic N) is 2. The minimum atomic E-state index is 0.0539. The smallest absolute Gasteiger partial charge is 0.224 e. The summed E-state index contributed by atoms with van der Waals surface area (Å²) in [6, 6.07) is 25.6. The van der Waals surface area contributed by atoms with Gasteiger partial charge in [-0.1, -0.05) is 66.2 Å². The molecule has 1 heterocycles. The third-order valence-electron chi connectivity index (χ3n) is 5.71. The van der Waals surface area contributed by atoms with Gasteiger partial charge in [0.2, 0.25) is 5.91 Å². The predicted octanol–water partition coefficient (Wildman–Crippen LogP) is 5.84. The molecular formula is C28H30ClN3O2. The number of nitrogens with one attached hydrogen (secondary N) is 1. The highest BCUT2D eigenvalue weighted by Crippen LogP contribution is 2.23. The molecule has 0 saturated heterocycles. The molecule has 0 aliphatic heterocycles. The van der Waals surface area contributed by atoms with Crippen molar-refractivity contribution < 1.29 is 9.53 Å². The second-order valence-electron chi connectivity index (χ2n) is 8.27. The summed E-state index contributed by atoms with van der Waals surface area (Å²) in [4.78, 5) is 17.1. The van der Waals surface area contributed by atoms with E-state index in [1.807, 2.05) is 60.7 Å². The van der Waals surface area contributed by atoms with E-state index in [4.69, 9.17) is 21.3 Å². The van der Waals surface area contributed by atoms with E-state index in [2.05, 4.69) is 28.1 Å². The Hall–Kier alpha value is -3.31. The Morgan fingerprint density at radius 1 is 0.912 bits per heavy atom. The van der Waals surface area contributed by atoms with Gasteiger partial charge in [-0.25, -0.2) is 4.98 Å². The van der Waals surface area contributed by atoms with Crippen molar-refractivity contribution in [3.8, 4) is 5.75 Å². The Kier molecular flexibility index (Phi) is 8.58. The number of rotatable bonds is 12. The first-order valence-electron chi connectivity index (χ1n) is 11.8. The number of unbranched alkanes of at least 4 members (excludes halogenated alkanes) is 1. The van der Waals surface area contributed by atoms with Crippen molar-refractivity contribution in [3.05, 3.63) is 95.3 Å². The monoisotopic (exact) mass is 475 g/mol. The molecule has 1 aromatic heterocycles. The molecule has 5 nitrogen and oxygen atoms in total. The topological polar surface area (TPSA) is 56.2 Å². The van der Waals surface area contributed by atoms with Gasteiger partial charge in [0.15, 0.2) is 0 Å². The van der Waals surface area contributed by atoms with E-state index >= 15 is 0 Å². The maximum atomic E-state index is 12.2. The zero-order valence-electron chi connectivity index (χ0n) is 19.3. The van der Waals surface area contributed by atoms with Crippen LogP contribution in [-0.4, -0.2) is 28.6 Å². The number of aryl methyl sites for hydroxylation is 2. The molecule has 176 valence electrons. The molecule has 0 bridgehead atoms. The molecule has 0 radical (unpaired) electrons.